The van der Waals surface area contributed by atoms with Gasteiger partial charge in [-0.3, -0.25) is 4.79 Å². The van der Waals surface area contributed by atoms with Gasteiger partial charge >= 0.3 is 0 Å². The third-order valence-corrected chi connectivity index (χ3v) is 6.64. The fourth-order valence-electron chi connectivity index (χ4n) is 2.86. The molecule has 0 saturated carbocycles. The Balaban J connectivity index is 1.40. The molecule has 1 unspecified atom stereocenters. The van der Waals surface area contributed by atoms with E-state index in [1.807, 2.05) is 58.0 Å². The molecule has 160 valence electrons. The van der Waals surface area contributed by atoms with E-state index in [1.165, 1.54) is 22.0 Å². The first-order chi connectivity index (χ1) is 14.7. The molecule has 31 heavy (non-hydrogen) atoms. The van der Waals surface area contributed by atoms with Crippen LogP contribution in [0, 0.1) is 6.92 Å². The Kier molecular flexibility index (Phi) is 5.85. The number of hydrogen-bond donors (Lipinski definition) is 1. The lowest BCUT2D eigenvalue weighted by Crippen LogP contribution is -2.22. The number of benzene rings is 2. The highest BCUT2D eigenvalue weighted by Gasteiger charge is 2.24. The molecule has 6 nitrogen and oxygen atoms in total. The van der Waals surface area contributed by atoms with Crippen molar-refractivity contribution in [2.75, 3.05) is 5.32 Å². The summed E-state index contributed by atoms with van der Waals surface area (Å²) in [6.07, 6.45) is 0. The van der Waals surface area contributed by atoms with Gasteiger partial charge in [-0.1, -0.05) is 38.6 Å². The first kappa shape index (κ1) is 21.5. The number of amides is 1. The number of hydrogen-bond acceptors (Lipinski definition) is 7. The highest BCUT2D eigenvalue weighted by Crippen LogP contribution is 2.32. The fourth-order valence-corrected chi connectivity index (χ4v) is 4.61. The Morgan fingerprint density at radius 2 is 1.87 bits per heavy atom. The summed E-state index contributed by atoms with van der Waals surface area (Å²) in [4.78, 5) is 17.3. The van der Waals surface area contributed by atoms with E-state index in [0.29, 0.717) is 11.1 Å². The Bertz CT molecular complexity index is 1220. The standard InChI is InChI=1S/C23H24N4O2S2/c1-13-6-11-17-18(12-13)31-20(25-17)15-7-9-16(10-8-15)24-19(28)14(2)30-22-27-26-21(29-22)23(3,4)5/h6-12,14H,1-5H3,(H,24,28). The number of anilines is 1. The summed E-state index contributed by atoms with van der Waals surface area (Å²) in [7, 11) is 0. The number of fused-ring (bicyclic) bond motifs is 1. The molecule has 2 aromatic heterocycles. The molecule has 0 radical (unpaired) electrons. The van der Waals surface area contributed by atoms with Crippen molar-refractivity contribution in [3.8, 4) is 10.6 Å². The summed E-state index contributed by atoms with van der Waals surface area (Å²) in [5.41, 5.74) is 3.77. The molecule has 0 aliphatic heterocycles. The molecule has 1 atom stereocenters. The Labute approximate surface area is 189 Å². The van der Waals surface area contributed by atoms with Crippen LogP contribution in [0.2, 0.25) is 0 Å². The topological polar surface area (TPSA) is 80.9 Å². The van der Waals surface area contributed by atoms with Crippen LogP contribution >= 0.6 is 23.1 Å². The SMILES string of the molecule is Cc1ccc2nc(-c3ccc(NC(=O)C(C)Sc4nnc(C(C)(C)C)o4)cc3)sc2c1. The molecule has 1 amide bonds. The molecule has 0 bridgehead atoms. The van der Waals surface area contributed by atoms with E-state index in [2.05, 4.69) is 34.6 Å². The number of rotatable bonds is 5. The third kappa shape index (κ3) is 4.97. The van der Waals surface area contributed by atoms with Gasteiger partial charge in [-0.2, -0.15) is 0 Å². The lowest BCUT2D eigenvalue weighted by molar-refractivity contribution is -0.115. The van der Waals surface area contributed by atoms with Crippen LogP contribution in [0.5, 0.6) is 0 Å². The molecular weight excluding hydrogens is 428 g/mol. The summed E-state index contributed by atoms with van der Waals surface area (Å²) in [5.74, 6) is 0.437. The number of aromatic nitrogens is 3. The van der Waals surface area contributed by atoms with E-state index >= 15 is 0 Å². The minimum Gasteiger partial charge on any atom is -0.415 e. The molecule has 1 N–H and O–H groups in total. The molecule has 0 aliphatic rings. The smallest absolute Gasteiger partial charge is 0.277 e. The second-order valence-corrected chi connectivity index (χ2v) is 10.8. The Morgan fingerprint density at radius 3 is 2.55 bits per heavy atom. The van der Waals surface area contributed by atoms with Crippen LogP contribution in [0.15, 0.2) is 52.1 Å². The van der Waals surface area contributed by atoms with Gasteiger partial charge in [0, 0.05) is 16.7 Å². The minimum atomic E-state index is -0.375. The van der Waals surface area contributed by atoms with Crippen molar-refractivity contribution in [3.05, 3.63) is 53.9 Å². The van der Waals surface area contributed by atoms with E-state index in [0.717, 1.165) is 21.8 Å². The average Bonchev–Trinajstić information content (AvgIpc) is 3.35. The normalized spacial score (nSPS) is 12.8. The van der Waals surface area contributed by atoms with Crippen molar-refractivity contribution < 1.29 is 9.21 Å². The van der Waals surface area contributed by atoms with Gasteiger partial charge < -0.3 is 9.73 Å². The molecule has 4 aromatic rings. The van der Waals surface area contributed by atoms with Gasteiger partial charge in [0.15, 0.2) is 0 Å². The van der Waals surface area contributed by atoms with E-state index < -0.39 is 0 Å². The summed E-state index contributed by atoms with van der Waals surface area (Å²) in [6, 6.07) is 14.0. The molecule has 2 heterocycles. The zero-order valence-electron chi connectivity index (χ0n) is 18.1. The quantitative estimate of drug-likeness (QED) is 0.370. The van der Waals surface area contributed by atoms with Crippen LogP contribution in [0.4, 0.5) is 5.69 Å². The van der Waals surface area contributed by atoms with Crippen molar-refractivity contribution in [1.29, 1.82) is 0 Å². The molecular formula is C23H24N4O2S2. The number of aryl methyl sites for hydroxylation is 1. The zero-order chi connectivity index (χ0) is 22.2. The summed E-state index contributed by atoms with van der Waals surface area (Å²) in [6.45, 7) is 9.91. The Hall–Kier alpha value is -2.71. The van der Waals surface area contributed by atoms with E-state index in [1.54, 1.807) is 11.3 Å². The van der Waals surface area contributed by atoms with Crippen LogP contribution in [-0.4, -0.2) is 26.3 Å². The van der Waals surface area contributed by atoms with Gasteiger partial charge in [0.1, 0.15) is 5.01 Å². The molecule has 8 heteroatoms. The predicted octanol–water partition coefficient (Wildman–Crippen LogP) is 6.07. The number of carbonyl (C=O) groups excluding carboxylic acids is 1. The van der Waals surface area contributed by atoms with Crippen LogP contribution in [0.25, 0.3) is 20.8 Å². The monoisotopic (exact) mass is 452 g/mol. The van der Waals surface area contributed by atoms with Crippen molar-refractivity contribution in [1.82, 2.24) is 15.2 Å². The zero-order valence-corrected chi connectivity index (χ0v) is 19.7. The van der Waals surface area contributed by atoms with E-state index in [9.17, 15) is 4.79 Å². The van der Waals surface area contributed by atoms with Crippen LogP contribution in [0.1, 0.15) is 39.1 Å². The first-order valence-corrected chi connectivity index (χ1v) is 11.7. The number of nitrogens with zero attached hydrogens (tertiary/aromatic N) is 3. The number of nitrogens with one attached hydrogen (secondary N) is 1. The molecule has 0 saturated heterocycles. The maximum atomic E-state index is 12.6. The number of thiazole rings is 1. The van der Waals surface area contributed by atoms with Gasteiger partial charge in [-0.15, -0.1) is 21.5 Å². The molecule has 2 aromatic carbocycles. The van der Waals surface area contributed by atoms with Gasteiger partial charge in [0.25, 0.3) is 5.22 Å². The van der Waals surface area contributed by atoms with Crippen molar-refractivity contribution in [2.45, 2.75) is 50.5 Å². The fraction of sp³-hybridized carbons (Fsp3) is 0.304. The summed E-state index contributed by atoms with van der Waals surface area (Å²) in [5, 5.41) is 12.0. The third-order valence-electron chi connectivity index (χ3n) is 4.64. The minimum absolute atomic E-state index is 0.122. The summed E-state index contributed by atoms with van der Waals surface area (Å²) < 4.78 is 6.85. The lowest BCUT2D eigenvalue weighted by Gasteiger charge is -2.12. The predicted molar refractivity (Wildman–Crippen MR) is 127 cm³/mol. The maximum absolute atomic E-state index is 12.6. The van der Waals surface area contributed by atoms with Gasteiger partial charge in [0.2, 0.25) is 11.8 Å². The van der Waals surface area contributed by atoms with Crippen LogP contribution < -0.4 is 5.32 Å². The first-order valence-electron chi connectivity index (χ1n) is 9.98. The molecule has 4 rings (SSSR count). The molecule has 0 aliphatic carbocycles. The van der Waals surface area contributed by atoms with Crippen molar-refractivity contribution in [2.24, 2.45) is 0 Å². The van der Waals surface area contributed by atoms with Gasteiger partial charge in [-0.05, 0) is 55.8 Å². The van der Waals surface area contributed by atoms with E-state index in [-0.39, 0.29) is 16.6 Å². The largest absolute Gasteiger partial charge is 0.415 e. The maximum Gasteiger partial charge on any atom is 0.277 e. The van der Waals surface area contributed by atoms with E-state index in [4.69, 9.17) is 9.40 Å². The van der Waals surface area contributed by atoms with Gasteiger partial charge in [0.05, 0.1) is 15.5 Å². The molecule has 0 spiro atoms. The summed E-state index contributed by atoms with van der Waals surface area (Å²) >= 11 is 2.92. The lowest BCUT2D eigenvalue weighted by atomic mass is 9.97. The van der Waals surface area contributed by atoms with Crippen molar-refractivity contribution >= 4 is 44.9 Å². The van der Waals surface area contributed by atoms with Gasteiger partial charge in [-0.25, -0.2) is 4.98 Å². The van der Waals surface area contributed by atoms with Crippen molar-refractivity contribution in [3.63, 3.8) is 0 Å². The second-order valence-electron chi connectivity index (χ2n) is 8.44. The highest BCUT2D eigenvalue weighted by molar-refractivity contribution is 8.00. The molecule has 0 fully saturated rings. The highest BCUT2D eigenvalue weighted by atomic mass is 32.2. The average molecular weight is 453 g/mol. The number of thioether (sulfide) groups is 1. The van der Waals surface area contributed by atoms with Crippen LogP contribution in [-0.2, 0) is 10.2 Å². The number of carbonyl (C=O) groups is 1. The second kappa shape index (κ2) is 8.43. The Morgan fingerprint density at radius 1 is 1.13 bits per heavy atom. The van der Waals surface area contributed by atoms with Crippen LogP contribution in [0.3, 0.4) is 0 Å².